The molecule has 36 heavy (non-hydrogen) atoms. The molecule has 0 aromatic heterocycles. The van der Waals surface area contributed by atoms with Crippen molar-refractivity contribution in [2.45, 2.75) is 31.6 Å². The molecule has 1 aliphatic rings. The molecule has 0 bridgehead atoms. The van der Waals surface area contributed by atoms with Gasteiger partial charge in [0.1, 0.15) is 22.7 Å². The summed E-state index contributed by atoms with van der Waals surface area (Å²) in [7, 11) is -4.00. The van der Waals surface area contributed by atoms with E-state index in [4.69, 9.17) is 24.7 Å². The number of hydrazone groups is 1. The molecule has 0 aliphatic carbocycles. The number of aliphatic carboxylic acids is 1. The predicted molar refractivity (Wildman–Crippen MR) is 139 cm³/mol. The average Bonchev–Trinajstić information content (AvgIpc) is 2.82. The van der Waals surface area contributed by atoms with Gasteiger partial charge in [-0.1, -0.05) is 36.4 Å². The molecular formula is C26H31N3O6S. The molecule has 0 unspecified atom stereocenters. The van der Waals surface area contributed by atoms with E-state index < -0.39 is 16.1 Å². The quantitative estimate of drug-likeness (QED) is 0.159. The largest absolute Gasteiger partial charge is 0.493 e. The average molecular weight is 514 g/mol. The smallest absolute Gasteiger partial charge is 0.339 e. The van der Waals surface area contributed by atoms with Gasteiger partial charge in [0.25, 0.3) is 5.97 Å². The van der Waals surface area contributed by atoms with Gasteiger partial charge >= 0.3 is 10.1 Å². The number of carboxylic acid groups (broad SMARTS) is 1. The summed E-state index contributed by atoms with van der Waals surface area (Å²) < 4.78 is 37.6. The van der Waals surface area contributed by atoms with Crippen LogP contribution in [0.5, 0.6) is 11.5 Å². The predicted octanol–water partition coefficient (Wildman–Crippen LogP) is 4.00. The van der Waals surface area contributed by atoms with E-state index in [-0.39, 0.29) is 10.6 Å². The number of piperidine rings is 1. The van der Waals surface area contributed by atoms with Crippen molar-refractivity contribution in [1.29, 1.82) is 0 Å². The molecule has 0 amide bonds. The van der Waals surface area contributed by atoms with Gasteiger partial charge in [-0.05, 0) is 54.8 Å². The molecule has 9 nitrogen and oxygen atoms in total. The van der Waals surface area contributed by atoms with Gasteiger partial charge in [0, 0.05) is 31.5 Å². The summed E-state index contributed by atoms with van der Waals surface area (Å²) in [6, 6.07) is 17.7. The number of likely N-dealkylation sites (tertiary alicyclic amines) is 1. The molecule has 1 fully saturated rings. The van der Waals surface area contributed by atoms with Crippen LogP contribution in [0, 0.1) is 12.8 Å². The Balaban J connectivity index is 0.000000840. The fraction of sp³-hybridized carbons (Fsp3) is 0.308. The molecule has 1 saturated heterocycles. The second-order valence-electron chi connectivity index (χ2n) is 8.57. The zero-order valence-electron chi connectivity index (χ0n) is 20.3. The minimum Gasteiger partial charge on any atom is -0.493 e. The molecular weight excluding hydrogens is 482 g/mol. The third kappa shape index (κ3) is 7.61. The topological polar surface area (TPSA) is 132 Å². The number of carboxylic acids is 1. The van der Waals surface area contributed by atoms with Crippen LogP contribution in [0.15, 0.2) is 70.7 Å². The zero-order valence-corrected chi connectivity index (χ0v) is 21.1. The van der Waals surface area contributed by atoms with E-state index in [0.29, 0.717) is 23.7 Å². The summed E-state index contributed by atoms with van der Waals surface area (Å²) in [6.07, 6.45) is 3.63. The van der Waals surface area contributed by atoms with E-state index in [2.05, 4.69) is 10.0 Å². The highest BCUT2D eigenvalue weighted by Crippen LogP contribution is 2.29. The van der Waals surface area contributed by atoms with Gasteiger partial charge in [-0.2, -0.15) is 13.5 Å². The highest BCUT2D eigenvalue weighted by Gasteiger charge is 2.21. The number of benzene rings is 3. The third-order valence-electron chi connectivity index (χ3n) is 5.61. The number of nitrogens with zero attached hydrogens (tertiary/aromatic N) is 2. The third-order valence-corrected chi connectivity index (χ3v) is 6.92. The fourth-order valence-electron chi connectivity index (χ4n) is 3.97. The van der Waals surface area contributed by atoms with E-state index in [1.807, 2.05) is 37.3 Å². The Kier molecular flexibility index (Phi) is 9.13. The Morgan fingerprint density at radius 2 is 1.75 bits per heavy atom. The van der Waals surface area contributed by atoms with Gasteiger partial charge in [-0.3, -0.25) is 4.79 Å². The van der Waals surface area contributed by atoms with Gasteiger partial charge < -0.3 is 24.8 Å². The number of hydrogen-bond donors (Lipinski definition) is 2. The molecule has 3 N–H and O–H groups in total. The maximum absolute atomic E-state index is 13.0. The number of rotatable bonds is 7. The first-order valence-corrected chi connectivity index (χ1v) is 12.9. The monoisotopic (exact) mass is 513 g/mol. The number of fused-ring (bicyclic) bond motifs is 1. The first kappa shape index (κ1) is 26.8. The fourth-order valence-corrected chi connectivity index (χ4v) is 5.11. The molecule has 0 atom stereocenters. The van der Waals surface area contributed by atoms with E-state index in [1.165, 1.54) is 0 Å². The first-order chi connectivity index (χ1) is 17.2. The SMILES string of the molecule is CC(=O)O.Cc1cc(OCC2CCN(C=NN)CC2)cc(OS(=O)(=O)c2cccc3ccccc23)c1. The highest BCUT2D eigenvalue weighted by molar-refractivity contribution is 7.87. The normalized spacial score (nSPS) is 14.3. The van der Waals surface area contributed by atoms with Crippen molar-refractivity contribution in [3.8, 4) is 11.5 Å². The Bertz CT molecular complexity index is 1310. The summed E-state index contributed by atoms with van der Waals surface area (Å²) in [5.41, 5.74) is 0.861. The molecule has 1 heterocycles. The second-order valence-corrected chi connectivity index (χ2v) is 10.1. The molecule has 192 valence electrons. The van der Waals surface area contributed by atoms with E-state index in [1.54, 1.807) is 36.7 Å². The van der Waals surface area contributed by atoms with Crippen LogP contribution in [0.25, 0.3) is 10.8 Å². The summed E-state index contributed by atoms with van der Waals surface area (Å²) in [4.78, 5) is 11.2. The number of hydrogen-bond acceptors (Lipinski definition) is 7. The van der Waals surface area contributed by atoms with Crippen LogP contribution in [-0.2, 0) is 14.9 Å². The lowest BCUT2D eigenvalue weighted by atomic mass is 9.98. The van der Waals surface area contributed by atoms with Crippen LogP contribution >= 0.6 is 0 Å². The number of aryl methyl sites for hydroxylation is 1. The maximum Gasteiger partial charge on any atom is 0.339 e. The van der Waals surface area contributed by atoms with Crippen molar-refractivity contribution < 1.29 is 27.2 Å². The summed E-state index contributed by atoms with van der Waals surface area (Å²) in [6.45, 7) is 5.31. The van der Waals surface area contributed by atoms with Crippen LogP contribution in [-0.4, -0.2) is 50.4 Å². The highest BCUT2D eigenvalue weighted by atomic mass is 32.2. The van der Waals surface area contributed by atoms with Gasteiger partial charge in [0.05, 0.1) is 6.61 Å². The second kappa shape index (κ2) is 12.3. The van der Waals surface area contributed by atoms with Gasteiger partial charge in [-0.15, -0.1) is 0 Å². The van der Waals surface area contributed by atoms with Gasteiger partial charge in [0.15, 0.2) is 0 Å². The maximum atomic E-state index is 13.0. The Labute approximate surface area is 211 Å². The molecule has 10 heteroatoms. The van der Waals surface area contributed by atoms with Crippen molar-refractivity contribution in [2.24, 2.45) is 16.9 Å². The standard InChI is InChI=1S/C24H27N3O4S.C2H4O2/c1-18-13-21(30-16-19-9-11-27(12-10-19)17-26-25)15-22(14-18)31-32(28,29)24-8-4-6-20-5-2-3-7-23(20)24;1-2(3)4/h2-8,13-15,17,19H,9-12,16,25H2,1H3;1H3,(H,3,4). The van der Waals surface area contributed by atoms with Crippen LogP contribution < -0.4 is 14.8 Å². The van der Waals surface area contributed by atoms with Crippen molar-refractivity contribution in [1.82, 2.24) is 4.90 Å². The number of ether oxygens (including phenoxy) is 1. The van der Waals surface area contributed by atoms with E-state index in [9.17, 15) is 8.42 Å². The van der Waals surface area contributed by atoms with Crippen molar-refractivity contribution in [3.05, 3.63) is 66.2 Å². The van der Waals surface area contributed by atoms with Crippen molar-refractivity contribution in [3.63, 3.8) is 0 Å². The number of carbonyl (C=O) groups is 1. The first-order valence-electron chi connectivity index (χ1n) is 11.5. The minimum absolute atomic E-state index is 0.146. The summed E-state index contributed by atoms with van der Waals surface area (Å²) in [5, 5.41) is 12.5. The molecule has 1 aliphatic heterocycles. The van der Waals surface area contributed by atoms with E-state index >= 15 is 0 Å². The summed E-state index contributed by atoms with van der Waals surface area (Å²) in [5.74, 6) is 5.63. The van der Waals surface area contributed by atoms with Crippen LogP contribution in [0.1, 0.15) is 25.3 Å². The van der Waals surface area contributed by atoms with Crippen LogP contribution in [0.4, 0.5) is 0 Å². The molecule has 3 aromatic rings. The molecule has 0 spiro atoms. The lowest BCUT2D eigenvalue weighted by molar-refractivity contribution is -0.134. The van der Waals surface area contributed by atoms with Gasteiger partial charge in [0.2, 0.25) is 0 Å². The molecule has 0 radical (unpaired) electrons. The van der Waals surface area contributed by atoms with Gasteiger partial charge in [-0.25, -0.2) is 0 Å². The van der Waals surface area contributed by atoms with Crippen molar-refractivity contribution in [2.75, 3.05) is 19.7 Å². The molecule has 0 saturated carbocycles. The lowest BCUT2D eigenvalue weighted by Gasteiger charge is -2.30. The van der Waals surface area contributed by atoms with Crippen molar-refractivity contribution >= 4 is 33.2 Å². The lowest BCUT2D eigenvalue weighted by Crippen LogP contribution is -2.34. The Hall–Kier alpha value is -3.79. The Morgan fingerprint density at radius 3 is 2.44 bits per heavy atom. The molecule has 4 rings (SSSR count). The zero-order chi connectivity index (χ0) is 26.1. The minimum atomic E-state index is -4.00. The van der Waals surface area contributed by atoms with Crippen LogP contribution in [0.3, 0.4) is 0 Å². The molecule has 3 aromatic carbocycles. The van der Waals surface area contributed by atoms with E-state index in [0.717, 1.165) is 43.8 Å². The van der Waals surface area contributed by atoms with Crippen LogP contribution in [0.2, 0.25) is 0 Å². The Morgan fingerprint density at radius 1 is 1.11 bits per heavy atom. The summed E-state index contributed by atoms with van der Waals surface area (Å²) >= 11 is 0. The number of nitrogens with two attached hydrogens (primary N) is 1.